The molecule has 0 aromatic rings. The SMILES string of the molecule is C=CC1CC(=O)N([C@H](C(=O)O)C(C)(C)S)C1. The van der Waals surface area contributed by atoms with Gasteiger partial charge < -0.3 is 10.0 Å². The van der Waals surface area contributed by atoms with Crippen LogP contribution in [-0.4, -0.2) is 39.2 Å². The molecular weight excluding hydrogens is 226 g/mol. The summed E-state index contributed by atoms with van der Waals surface area (Å²) < 4.78 is -0.766. The Morgan fingerprint density at radius 2 is 2.31 bits per heavy atom. The predicted octanol–water partition coefficient (Wildman–Crippen LogP) is 1.18. The maximum absolute atomic E-state index is 11.7. The third kappa shape index (κ3) is 2.58. The number of hydrogen-bond acceptors (Lipinski definition) is 3. The number of thiol groups is 1. The number of carbonyl (C=O) groups excluding carboxylic acids is 1. The molecule has 4 nitrogen and oxygen atoms in total. The standard InChI is InChI=1S/C11H17NO3S/c1-4-7-5-8(13)12(6-7)9(10(14)15)11(2,3)16/h4,7,9,16H,1,5-6H2,2-3H3,(H,14,15)/t7?,9-/m1/s1. The summed E-state index contributed by atoms with van der Waals surface area (Å²) in [5.41, 5.74) is 0. The second-order valence-electron chi connectivity index (χ2n) is 4.64. The topological polar surface area (TPSA) is 57.6 Å². The Kier molecular flexibility index (Phi) is 3.68. The fourth-order valence-electron chi connectivity index (χ4n) is 1.98. The van der Waals surface area contributed by atoms with E-state index in [1.165, 1.54) is 4.90 Å². The van der Waals surface area contributed by atoms with E-state index in [9.17, 15) is 14.7 Å². The van der Waals surface area contributed by atoms with Crippen molar-refractivity contribution in [3.63, 3.8) is 0 Å². The molecule has 5 heteroatoms. The molecule has 2 atom stereocenters. The molecule has 1 aliphatic heterocycles. The van der Waals surface area contributed by atoms with Crippen molar-refractivity contribution in [2.24, 2.45) is 5.92 Å². The number of amides is 1. The molecule has 1 fully saturated rings. The molecule has 0 aromatic carbocycles. The highest BCUT2D eigenvalue weighted by Crippen LogP contribution is 2.29. The van der Waals surface area contributed by atoms with E-state index in [1.54, 1.807) is 19.9 Å². The molecule has 1 rings (SSSR count). The minimum Gasteiger partial charge on any atom is -0.480 e. The van der Waals surface area contributed by atoms with E-state index in [0.29, 0.717) is 13.0 Å². The first-order chi connectivity index (χ1) is 7.27. The smallest absolute Gasteiger partial charge is 0.327 e. The van der Waals surface area contributed by atoms with E-state index in [2.05, 4.69) is 19.2 Å². The molecule has 1 N–H and O–H groups in total. The van der Waals surface area contributed by atoms with Crippen LogP contribution in [0.2, 0.25) is 0 Å². The lowest BCUT2D eigenvalue weighted by atomic mass is 10.0. The molecule has 0 bridgehead atoms. The molecule has 1 amide bonds. The molecule has 1 unspecified atom stereocenters. The molecule has 0 aliphatic carbocycles. The van der Waals surface area contributed by atoms with E-state index in [0.717, 1.165) is 0 Å². The summed E-state index contributed by atoms with van der Waals surface area (Å²) in [5, 5.41) is 9.18. The highest BCUT2D eigenvalue weighted by atomic mass is 32.1. The first kappa shape index (κ1) is 13.1. The summed E-state index contributed by atoms with van der Waals surface area (Å²) in [6.07, 6.45) is 2.04. The summed E-state index contributed by atoms with van der Waals surface area (Å²) in [5.74, 6) is -1.11. The highest BCUT2D eigenvalue weighted by molar-refractivity contribution is 7.81. The van der Waals surface area contributed by atoms with Gasteiger partial charge in [-0.25, -0.2) is 4.79 Å². The molecular formula is C11H17NO3S. The van der Waals surface area contributed by atoms with E-state index in [-0.39, 0.29) is 11.8 Å². The van der Waals surface area contributed by atoms with Crippen LogP contribution in [0.25, 0.3) is 0 Å². The van der Waals surface area contributed by atoms with Crippen LogP contribution in [-0.2, 0) is 9.59 Å². The first-order valence-electron chi connectivity index (χ1n) is 5.14. The number of aliphatic carboxylic acids is 1. The Labute approximate surface area is 101 Å². The van der Waals surface area contributed by atoms with Gasteiger partial charge in [-0.05, 0) is 13.8 Å². The number of nitrogens with zero attached hydrogens (tertiary/aromatic N) is 1. The monoisotopic (exact) mass is 243 g/mol. The van der Waals surface area contributed by atoms with Gasteiger partial charge in [-0.2, -0.15) is 12.6 Å². The van der Waals surface area contributed by atoms with Crippen molar-refractivity contribution in [2.75, 3.05) is 6.54 Å². The maximum atomic E-state index is 11.7. The van der Waals surface area contributed by atoms with Gasteiger partial charge in [0.1, 0.15) is 6.04 Å². The molecule has 1 saturated heterocycles. The van der Waals surface area contributed by atoms with E-state index >= 15 is 0 Å². The lowest BCUT2D eigenvalue weighted by Crippen LogP contribution is -2.52. The number of likely N-dealkylation sites (tertiary alicyclic amines) is 1. The van der Waals surface area contributed by atoms with Gasteiger partial charge in [-0.15, -0.1) is 6.58 Å². The van der Waals surface area contributed by atoms with Crippen LogP contribution in [0.3, 0.4) is 0 Å². The third-order valence-corrected chi connectivity index (χ3v) is 2.98. The molecule has 1 heterocycles. The van der Waals surface area contributed by atoms with Crippen molar-refractivity contribution in [3.8, 4) is 0 Å². The number of carbonyl (C=O) groups is 2. The number of hydrogen-bond donors (Lipinski definition) is 2. The maximum Gasteiger partial charge on any atom is 0.327 e. The van der Waals surface area contributed by atoms with Crippen LogP contribution in [0.15, 0.2) is 12.7 Å². The van der Waals surface area contributed by atoms with Crippen LogP contribution in [0.5, 0.6) is 0 Å². The van der Waals surface area contributed by atoms with Gasteiger partial charge in [0.05, 0.1) is 0 Å². The van der Waals surface area contributed by atoms with E-state index in [1.807, 2.05) is 0 Å². The zero-order valence-corrected chi connectivity index (χ0v) is 10.4. The summed E-state index contributed by atoms with van der Waals surface area (Å²) in [6, 6.07) is -0.895. The predicted molar refractivity (Wildman–Crippen MR) is 64.5 cm³/mol. The minimum absolute atomic E-state index is 0.0463. The molecule has 0 saturated carbocycles. The van der Waals surface area contributed by atoms with E-state index in [4.69, 9.17) is 0 Å². The number of rotatable bonds is 4. The number of carboxylic acids is 1. The van der Waals surface area contributed by atoms with Gasteiger partial charge >= 0.3 is 5.97 Å². The fraction of sp³-hybridized carbons (Fsp3) is 0.636. The Balaban J connectivity index is 2.93. The molecule has 1 aliphatic rings. The fourth-order valence-corrected chi connectivity index (χ4v) is 2.23. The summed E-state index contributed by atoms with van der Waals surface area (Å²) in [7, 11) is 0. The minimum atomic E-state index is -1.02. The highest BCUT2D eigenvalue weighted by Gasteiger charge is 2.43. The Morgan fingerprint density at radius 3 is 2.62 bits per heavy atom. The van der Waals surface area contributed by atoms with Gasteiger partial charge in [-0.3, -0.25) is 4.79 Å². The third-order valence-electron chi connectivity index (χ3n) is 2.74. The zero-order chi connectivity index (χ0) is 12.5. The lowest BCUT2D eigenvalue weighted by Gasteiger charge is -2.33. The molecule has 90 valence electrons. The second kappa shape index (κ2) is 4.49. The van der Waals surface area contributed by atoms with Crippen molar-refractivity contribution in [3.05, 3.63) is 12.7 Å². The average Bonchev–Trinajstić information content (AvgIpc) is 2.44. The average molecular weight is 243 g/mol. The largest absolute Gasteiger partial charge is 0.480 e. The Hall–Kier alpha value is -0.970. The van der Waals surface area contributed by atoms with Crippen LogP contribution in [0.4, 0.5) is 0 Å². The van der Waals surface area contributed by atoms with Gasteiger partial charge in [-0.1, -0.05) is 6.08 Å². The molecule has 0 spiro atoms. The number of carboxylic acid groups (broad SMARTS) is 1. The van der Waals surface area contributed by atoms with Crippen LogP contribution < -0.4 is 0 Å². The van der Waals surface area contributed by atoms with Crippen molar-refractivity contribution in [2.45, 2.75) is 31.1 Å². The van der Waals surface area contributed by atoms with Crippen LogP contribution in [0, 0.1) is 5.92 Å². The van der Waals surface area contributed by atoms with Crippen molar-refractivity contribution in [1.29, 1.82) is 0 Å². The molecule has 16 heavy (non-hydrogen) atoms. The quantitative estimate of drug-likeness (QED) is 0.576. The Bertz CT molecular complexity index is 322. The van der Waals surface area contributed by atoms with Crippen molar-refractivity contribution < 1.29 is 14.7 Å². The molecule has 0 aromatic heterocycles. The Morgan fingerprint density at radius 1 is 1.75 bits per heavy atom. The van der Waals surface area contributed by atoms with Gasteiger partial charge in [0.15, 0.2) is 0 Å². The van der Waals surface area contributed by atoms with Gasteiger partial charge in [0.2, 0.25) is 5.91 Å². The van der Waals surface area contributed by atoms with Gasteiger partial charge in [0, 0.05) is 23.6 Å². The normalized spacial score (nSPS) is 23.3. The summed E-state index contributed by atoms with van der Waals surface area (Å²) in [6.45, 7) is 7.45. The lowest BCUT2D eigenvalue weighted by molar-refractivity contribution is -0.149. The van der Waals surface area contributed by atoms with Crippen LogP contribution in [0.1, 0.15) is 20.3 Å². The van der Waals surface area contributed by atoms with Gasteiger partial charge in [0.25, 0.3) is 0 Å². The van der Waals surface area contributed by atoms with Crippen molar-refractivity contribution >= 4 is 24.5 Å². The van der Waals surface area contributed by atoms with E-state index < -0.39 is 16.8 Å². The van der Waals surface area contributed by atoms with Crippen molar-refractivity contribution in [1.82, 2.24) is 4.90 Å². The molecule has 0 radical (unpaired) electrons. The summed E-state index contributed by atoms with van der Waals surface area (Å²) >= 11 is 4.26. The second-order valence-corrected chi connectivity index (χ2v) is 5.79. The summed E-state index contributed by atoms with van der Waals surface area (Å²) in [4.78, 5) is 24.3. The zero-order valence-electron chi connectivity index (χ0n) is 9.51. The van der Waals surface area contributed by atoms with Crippen LogP contribution >= 0.6 is 12.6 Å². The first-order valence-corrected chi connectivity index (χ1v) is 5.59.